The lowest BCUT2D eigenvalue weighted by Crippen LogP contribution is -2.28. The van der Waals surface area contributed by atoms with Crippen molar-refractivity contribution in [1.82, 2.24) is 14.9 Å². The highest BCUT2D eigenvalue weighted by atomic mass is 35.5. The molecule has 0 saturated heterocycles. The number of fused-ring (bicyclic) bond motifs is 1. The lowest BCUT2D eigenvalue weighted by atomic mass is 10.1. The minimum atomic E-state index is -0.194. The van der Waals surface area contributed by atoms with E-state index in [1.807, 2.05) is 31.2 Å². The number of benzene rings is 2. The second-order valence-corrected chi connectivity index (χ2v) is 6.77. The standard InChI is InChI=1S/C20H20ClN3O2/c1-13-7-8-14(11-16(13)21)9-10-19(25)24(2)12-18-22-17-6-4-3-5-15(17)20(26)23-18/h3-8,11H,9-10,12H2,1-2H3,(H,22,23,26). The molecule has 0 saturated carbocycles. The molecule has 0 radical (unpaired) electrons. The fraction of sp³-hybridized carbons (Fsp3) is 0.250. The number of H-pyrrole nitrogens is 1. The number of aromatic nitrogens is 2. The van der Waals surface area contributed by atoms with Crippen molar-refractivity contribution in [2.75, 3.05) is 7.05 Å². The van der Waals surface area contributed by atoms with Gasteiger partial charge in [-0.2, -0.15) is 0 Å². The normalized spacial score (nSPS) is 10.9. The Kier molecular flexibility index (Phi) is 5.38. The summed E-state index contributed by atoms with van der Waals surface area (Å²) < 4.78 is 0. The summed E-state index contributed by atoms with van der Waals surface area (Å²) >= 11 is 6.12. The summed E-state index contributed by atoms with van der Waals surface area (Å²) in [6.45, 7) is 2.20. The summed E-state index contributed by atoms with van der Waals surface area (Å²) in [5.41, 5.74) is 2.48. The molecule has 1 heterocycles. The lowest BCUT2D eigenvalue weighted by molar-refractivity contribution is -0.130. The Hall–Kier alpha value is -2.66. The SMILES string of the molecule is Cc1ccc(CCC(=O)N(C)Cc2nc3ccccc3c(=O)[nH]2)cc1Cl. The Labute approximate surface area is 156 Å². The maximum absolute atomic E-state index is 12.4. The molecule has 6 heteroatoms. The van der Waals surface area contributed by atoms with Gasteiger partial charge in [0.15, 0.2) is 0 Å². The van der Waals surface area contributed by atoms with E-state index in [0.29, 0.717) is 34.6 Å². The van der Waals surface area contributed by atoms with Gasteiger partial charge in [0.25, 0.3) is 5.56 Å². The number of hydrogen-bond donors (Lipinski definition) is 1. The molecule has 0 aliphatic rings. The van der Waals surface area contributed by atoms with Crippen LogP contribution in [0.15, 0.2) is 47.3 Å². The van der Waals surface area contributed by atoms with Crippen LogP contribution in [0.4, 0.5) is 0 Å². The highest BCUT2D eigenvalue weighted by molar-refractivity contribution is 6.31. The molecule has 3 aromatic rings. The van der Waals surface area contributed by atoms with Crippen molar-refractivity contribution in [3.05, 3.63) is 74.8 Å². The van der Waals surface area contributed by atoms with Crippen LogP contribution in [-0.2, 0) is 17.8 Å². The molecule has 0 aliphatic carbocycles. The van der Waals surface area contributed by atoms with Crippen molar-refractivity contribution in [3.63, 3.8) is 0 Å². The van der Waals surface area contributed by atoms with Gasteiger partial charge in [0.05, 0.1) is 17.4 Å². The Balaban J connectivity index is 1.65. The zero-order valence-electron chi connectivity index (χ0n) is 14.8. The summed E-state index contributed by atoms with van der Waals surface area (Å²) in [7, 11) is 1.71. The maximum atomic E-state index is 12.4. The Morgan fingerprint density at radius 1 is 1.23 bits per heavy atom. The zero-order valence-corrected chi connectivity index (χ0v) is 15.5. The van der Waals surface area contributed by atoms with Crippen LogP contribution in [0.1, 0.15) is 23.4 Å². The molecular weight excluding hydrogens is 350 g/mol. The van der Waals surface area contributed by atoms with Crippen molar-refractivity contribution in [2.45, 2.75) is 26.3 Å². The van der Waals surface area contributed by atoms with Gasteiger partial charge >= 0.3 is 0 Å². The molecule has 0 fully saturated rings. The highest BCUT2D eigenvalue weighted by Crippen LogP contribution is 2.18. The second-order valence-electron chi connectivity index (χ2n) is 6.36. The van der Waals surface area contributed by atoms with Crippen LogP contribution >= 0.6 is 11.6 Å². The number of amides is 1. The summed E-state index contributed by atoms with van der Waals surface area (Å²) in [4.78, 5) is 33.3. The quantitative estimate of drug-likeness (QED) is 0.748. The van der Waals surface area contributed by atoms with Crippen molar-refractivity contribution in [1.29, 1.82) is 0 Å². The molecule has 0 atom stereocenters. The summed E-state index contributed by atoms with van der Waals surface area (Å²) in [5.74, 6) is 0.459. The average molecular weight is 370 g/mol. The van der Waals surface area contributed by atoms with Gasteiger partial charge in [-0.05, 0) is 42.7 Å². The first-order valence-corrected chi connectivity index (χ1v) is 8.79. The minimum absolute atomic E-state index is 0.0162. The number of nitrogens with zero attached hydrogens (tertiary/aromatic N) is 2. The van der Waals surface area contributed by atoms with Gasteiger partial charge in [0.2, 0.25) is 5.91 Å². The van der Waals surface area contributed by atoms with E-state index < -0.39 is 0 Å². The number of halogens is 1. The molecule has 1 aromatic heterocycles. The lowest BCUT2D eigenvalue weighted by Gasteiger charge is -2.17. The average Bonchev–Trinajstić information content (AvgIpc) is 2.62. The Morgan fingerprint density at radius 3 is 2.77 bits per heavy atom. The molecule has 5 nitrogen and oxygen atoms in total. The summed E-state index contributed by atoms with van der Waals surface area (Å²) in [5, 5.41) is 1.25. The fourth-order valence-electron chi connectivity index (χ4n) is 2.76. The Bertz CT molecular complexity index is 1010. The Morgan fingerprint density at radius 2 is 2.00 bits per heavy atom. The van der Waals surface area contributed by atoms with Crippen LogP contribution in [0.25, 0.3) is 10.9 Å². The first kappa shape index (κ1) is 18.1. The number of carbonyl (C=O) groups is 1. The molecule has 1 N–H and O–H groups in total. The van der Waals surface area contributed by atoms with E-state index in [1.165, 1.54) is 0 Å². The van der Waals surface area contributed by atoms with E-state index in [0.717, 1.165) is 11.1 Å². The van der Waals surface area contributed by atoms with Crippen molar-refractivity contribution >= 4 is 28.4 Å². The largest absolute Gasteiger partial charge is 0.338 e. The molecule has 3 rings (SSSR count). The molecule has 0 spiro atoms. The number of nitrogens with one attached hydrogen (secondary N) is 1. The monoisotopic (exact) mass is 369 g/mol. The molecule has 2 aromatic carbocycles. The van der Waals surface area contributed by atoms with Crippen molar-refractivity contribution in [2.24, 2.45) is 0 Å². The van der Waals surface area contributed by atoms with Crippen LogP contribution in [0, 0.1) is 6.92 Å². The predicted octanol–water partition coefficient (Wildman–Crippen LogP) is 3.48. The molecule has 134 valence electrons. The smallest absolute Gasteiger partial charge is 0.258 e. The molecule has 1 amide bonds. The van der Waals surface area contributed by atoms with Gasteiger partial charge in [0.1, 0.15) is 5.82 Å². The van der Waals surface area contributed by atoms with Gasteiger partial charge in [-0.1, -0.05) is 35.9 Å². The second kappa shape index (κ2) is 7.70. The number of rotatable bonds is 5. The zero-order chi connectivity index (χ0) is 18.7. The van der Waals surface area contributed by atoms with Crippen molar-refractivity contribution in [3.8, 4) is 0 Å². The van der Waals surface area contributed by atoms with Gasteiger partial charge in [-0.3, -0.25) is 9.59 Å². The van der Waals surface area contributed by atoms with E-state index in [2.05, 4.69) is 9.97 Å². The molecule has 0 unspecified atom stereocenters. The van der Waals surface area contributed by atoms with Crippen LogP contribution in [0.3, 0.4) is 0 Å². The molecule has 0 aliphatic heterocycles. The number of hydrogen-bond acceptors (Lipinski definition) is 3. The van der Waals surface area contributed by atoms with Crippen molar-refractivity contribution < 1.29 is 4.79 Å². The molecule has 26 heavy (non-hydrogen) atoms. The fourth-order valence-corrected chi connectivity index (χ4v) is 2.96. The van der Waals surface area contributed by atoms with Gasteiger partial charge < -0.3 is 9.88 Å². The van der Waals surface area contributed by atoms with E-state index in [9.17, 15) is 9.59 Å². The number of para-hydroxylation sites is 1. The topological polar surface area (TPSA) is 66.1 Å². The summed E-state index contributed by atoms with van der Waals surface area (Å²) in [6.07, 6.45) is 0.985. The number of aryl methyl sites for hydroxylation is 2. The van der Waals surface area contributed by atoms with Gasteiger partial charge in [-0.15, -0.1) is 0 Å². The number of aromatic amines is 1. The predicted molar refractivity (Wildman–Crippen MR) is 103 cm³/mol. The molecule has 0 bridgehead atoms. The van der Waals surface area contributed by atoms with Crippen LogP contribution in [0.2, 0.25) is 5.02 Å². The van der Waals surface area contributed by atoms with E-state index >= 15 is 0 Å². The minimum Gasteiger partial charge on any atom is -0.338 e. The first-order chi connectivity index (χ1) is 12.4. The third-order valence-electron chi connectivity index (χ3n) is 4.34. The van der Waals surface area contributed by atoms with E-state index in [-0.39, 0.29) is 18.0 Å². The van der Waals surface area contributed by atoms with Crippen LogP contribution < -0.4 is 5.56 Å². The third kappa shape index (κ3) is 4.11. The summed E-state index contributed by atoms with van der Waals surface area (Å²) in [6, 6.07) is 13.0. The number of carbonyl (C=O) groups excluding carboxylic acids is 1. The van der Waals surface area contributed by atoms with E-state index in [4.69, 9.17) is 11.6 Å². The first-order valence-electron chi connectivity index (χ1n) is 8.41. The third-order valence-corrected chi connectivity index (χ3v) is 4.75. The molecular formula is C20H20ClN3O2. The van der Waals surface area contributed by atoms with E-state index in [1.54, 1.807) is 30.1 Å². The van der Waals surface area contributed by atoms with Gasteiger partial charge in [-0.25, -0.2) is 4.98 Å². The van der Waals surface area contributed by atoms with Crippen LogP contribution in [0.5, 0.6) is 0 Å². The maximum Gasteiger partial charge on any atom is 0.258 e. The van der Waals surface area contributed by atoms with Crippen LogP contribution in [-0.4, -0.2) is 27.8 Å². The van der Waals surface area contributed by atoms with Gasteiger partial charge in [0, 0.05) is 18.5 Å². The highest BCUT2D eigenvalue weighted by Gasteiger charge is 2.12.